The predicted octanol–water partition coefficient (Wildman–Crippen LogP) is 21.8. The van der Waals surface area contributed by atoms with Crippen molar-refractivity contribution in [3.05, 3.63) is 309 Å². The molecule has 4 nitrogen and oxygen atoms in total. The Balaban J connectivity index is 0.929. The lowest BCUT2D eigenvalue weighted by atomic mass is 9.33. The van der Waals surface area contributed by atoms with Crippen molar-refractivity contribution < 1.29 is 0 Å². The highest BCUT2D eigenvalue weighted by molar-refractivity contribution is 7.00. The molecule has 0 bridgehead atoms. The average molecular weight is 1180 g/mol. The maximum atomic E-state index is 2.63. The van der Waals surface area contributed by atoms with Crippen LogP contribution in [0.15, 0.2) is 303 Å². The highest BCUT2D eigenvalue weighted by Gasteiger charge is 2.44. The summed E-state index contributed by atoms with van der Waals surface area (Å²) in [5, 5.41) is 20.0. The zero-order chi connectivity index (χ0) is 61.4. The quantitative estimate of drug-likeness (QED) is 0.126. The van der Waals surface area contributed by atoms with E-state index in [4.69, 9.17) is 0 Å². The van der Waals surface area contributed by atoms with E-state index in [1.54, 1.807) is 0 Å². The number of fused-ring (bicyclic) bond motifs is 22. The zero-order valence-electron chi connectivity index (χ0n) is 51.7. The van der Waals surface area contributed by atoms with Gasteiger partial charge < -0.3 is 18.9 Å². The molecule has 0 unspecified atom stereocenters. The first-order valence-electron chi connectivity index (χ1n) is 32.6. The van der Waals surface area contributed by atoms with E-state index in [0.29, 0.717) is 0 Å². The van der Waals surface area contributed by atoms with Gasteiger partial charge in [-0.1, -0.05) is 239 Å². The first-order valence-corrected chi connectivity index (χ1v) is 32.6. The predicted molar refractivity (Wildman–Crippen MR) is 398 cm³/mol. The molecule has 20 rings (SSSR count). The van der Waals surface area contributed by atoms with Gasteiger partial charge in [-0.15, -0.1) is 0 Å². The van der Waals surface area contributed by atoms with E-state index in [-0.39, 0.29) is 12.1 Å². The van der Waals surface area contributed by atoms with Crippen LogP contribution in [-0.2, 0) is 5.41 Å². The number of nitrogens with zero attached hydrogens (tertiary/aromatic N) is 4. The molecule has 0 fully saturated rings. The Morgan fingerprint density at radius 2 is 0.538 bits per heavy atom. The van der Waals surface area contributed by atoms with Crippen LogP contribution < -0.4 is 26.2 Å². The van der Waals surface area contributed by atoms with Gasteiger partial charge >= 0.3 is 0 Å². The van der Waals surface area contributed by atoms with Crippen molar-refractivity contribution in [2.75, 3.05) is 9.80 Å². The van der Waals surface area contributed by atoms with Gasteiger partial charge in [0.2, 0.25) is 0 Å². The summed E-state index contributed by atoms with van der Waals surface area (Å²) in [7, 11) is 0. The third kappa shape index (κ3) is 7.50. The molecule has 434 valence electrons. The molecular weight excluding hydrogens is 1120 g/mol. The molecule has 18 aromatic rings. The first-order chi connectivity index (χ1) is 45.8. The Labute approximate surface area is 538 Å². The summed E-state index contributed by atoms with van der Waals surface area (Å²) >= 11 is 0. The van der Waals surface area contributed by atoms with Gasteiger partial charge in [0.15, 0.2) is 0 Å². The lowest BCUT2D eigenvalue weighted by Gasteiger charge is -2.45. The summed E-state index contributed by atoms with van der Waals surface area (Å²) in [5.41, 5.74) is 21.1. The largest absolute Gasteiger partial charge is 0.311 e. The second-order valence-electron chi connectivity index (χ2n) is 26.7. The Morgan fingerprint density at radius 1 is 0.237 bits per heavy atom. The van der Waals surface area contributed by atoms with Gasteiger partial charge in [0.25, 0.3) is 6.71 Å². The highest BCUT2D eigenvalue weighted by Crippen LogP contribution is 2.50. The van der Waals surface area contributed by atoms with Gasteiger partial charge in [0.05, 0.1) is 22.1 Å². The third-order valence-corrected chi connectivity index (χ3v) is 20.8. The Bertz CT molecular complexity index is 5730. The van der Waals surface area contributed by atoms with Crippen LogP contribution in [0.2, 0.25) is 0 Å². The maximum Gasteiger partial charge on any atom is 0.252 e. The van der Waals surface area contributed by atoms with Crippen LogP contribution in [0.5, 0.6) is 0 Å². The van der Waals surface area contributed by atoms with E-state index < -0.39 is 0 Å². The van der Waals surface area contributed by atoms with Crippen molar-refractivity contribution in [1.29, 1.82) is 0 Å². The summed E-state index contributed by atoms with van der Waals surface area (Å²) < 4.78 is 4.97. The fourth-order valence-electron chi connectivity index (χ4n) is 16.6. The molecule has 16 aromatic carbocycles. The molecular formula is C88H59BN4. The summed E-state index contributed by atoms with van der Waals surface area (Å²) in [5.74, 6) is 0. The number of hydrogen-bond acceptors (Lipinski definition) is 2. The molecule has 0 spiro atoms. The molecule has 2 aromatic heterocycles. The van der Waals surface area contributed by atoms with E-state index >= 15 is 0 Å². The van der Waals surface area contributed by atoms with Crippen LogP contribution in [0.4, 0.5) is 34.1 Å². The second-order valence-corrected chi connectivity index (χ2v) is 26.7. The Kier molecular flexibility index (Phi) is 10.9. The summed E-state index contributed by atoms with van der Waals surface area (Å²) in [6.45, 7) is 6.76. The molecule has 0 aliphatic carbocycles. The fourth-order valence-corrected chi connectivity index (χ4v) is 16.6. The highest BCUT2D eigenvalue weighted by atomic mass is 15.2. The van der Waals surface area contributed by atoms with Crippen molar-refractivity contribution in [3.63, 3.8) is 0 Å². The maximum absolute atomic E-state index is 2.63. The fraction of sp³-hybridized carbons (Fsp3) is 0.0455. The topological polar surface area (TPSA) is 16.3 Å². The van der Waals surface area contributed by atoms with E-state index in [9.17, 15) is 0 Å². The molecule has 0 radical (unpaired) electrons. The van der Waals surface area contributed by atoms with Gasteiger partial charge in [0.1, 0.15) is 0 Å². The third-order valence-electron chi connectivity index (χ3n) is 20.8. The molecule has 4 heterocycles. The molecule has 0 saturated heterocycles. The van der Waals surface area contributed by atoms with Gasteiger partial charge in [-0.3, -0.25) is 0 Å². The van der Waals surface area contributed by atoms with Crippen LogP contribution in [0.3, 0.4) is 0 Å². The molecule has 0 atom stereocenters. The summed E-state index contributed by atoms with van der Waals surface area (Å²) in [6, 6.07) is 115. The van der Waals surface area contributed by atoms with Crippen LogP contribution in [0, 0.1) is 0 Å². The molecule has 2 aliphatic rings. The number of para-hydroxylation sites is 4. The van der Waals surface area contributed by atoms with Crippen LogP contribution in [0.1, 0.15) is 26.3 Å². The molecule has 93 heavy (non-hydrogen) atoms. The SMILES string of the molecule is CC(C)(C)c1ccc(-c2cc3c4c(c2)N(c2ccc5c6ccccc6c6ccccc6c5c2)c2cc(-n5c6ccccc6c6ccccc65)ccc2B4c2ccc(-n4c5ccccc5c5ccccc54)cc2N3c2ccc3c4ccccc4c4ccccc4c3c2)cc1. The molecule has 0 saturated carbocycles. The minimum Gasteiger partial charge on any atom is -0.311 e. The van der Waals surface area contributed by atoms with E-state index in [1.807, 2.05) is 0 Å². The summed E-state index contributed by atoms with van der Waals surface area (Å²) in [4.78, 5) is 5.27. The monoisotopic (exact) mass is 1180 g/mol. The van der Waals surface area contributed by atoms with Crippen LogP contribution in [-0.4, -0.2) is 15.8 Å². The molecule has 0 amide bonds. The Hall–Kier alpha value is -11.7. The number of anilines is 6. The Morgan fingerprint density at radius 3 is 0.882 bits per heavy atom. The van der Waals surface area contributed by atoms with Crippen molar-refractivity contribution >= 4 is 165 Å². The normalized spacial score (nSPS) is 13.0. The van der Waals surface area contributed by atoms with Crippen LogP contribution >= 0.6 is 0 Å². The number of rotatable bonds is 5. The average Bonchev–Trinajstić information content (AvgIpc) is 1.18. The minimum absolute atomic E-state index is 0.0199. The van der Waals surface area contributed by atoms with Gasteiger partial charge in [-0.2, -0.15) is 0 Å². The van der Waals surface area contributed by atoms with E-state index in [2.05, 4.69) is 343 Å². The number of benzene rings is 16. The number of aromatic nitrogens is 2. The van der Waals surface area contributed by atoms with E-state index in [0.717, 1.165) is 51.1 Å². The van der Waals surface area contributed by atoms with Crippen molar-refractivity contribution in [3.8, 4) is 22.5 Å². The second kappa shape index (κ2) is 19.4. The lowest BCUT2D eigenvalue weighted by molar-refractivity contribution is 0.590. The van der Waals surface area contributed by atoms with Gasteiger partial charge in [0, 0.05) is 67.0 Å². The van der Waals surface area contributed by atoms with Crippen LogP contribution in [0.25, 0.3) is 131 Å². The van der Waals surface area contributed by atoms with Crippen molar-refractivity contribution in [2.45, 2.75) is 26.2 Å². The lowest BCUT2D eigenvalue weighted by Crippen LogP contribution is -2.61. The molecule has 2 aliphatic heterocycles. The smallest absolute Gasteiger partial charge is 0.252 e. The van der Waals surface area contributed by atoms with E-state index in [1.165, 1.54) is 136 Å². The zero-order valence-corrected chi connectivity index (χ0v) is 51.7. The van der Waals surface area contributed by atoms with Crippen molar-refractivity contribution in [1.82, 2.24) is 9.13 Å². The molecule has 5 heteroatoms. The summed E-state index contributed by atoms with van der Waals surface area (Å²) in [6.07, 6.45) is 0. The molecule has 0 N–H and O–H groups in total. The number of hydrogen-bond donors (Lipinski definition) is 0. The standard InChI is InChI=1S/C88H59BN4/c1-88(2,3)56-38-36-54(37-39-56)55-48-85-87-86(49-55)93(58-41-45-70-66-25-7-5-21-62(66)64-23-9-11-27-68(64)76(70)51-58)84-53-60(91-81-34-18-14-30-73(81)74-31-15-19-35-82(74)91)43-47-78(84)89(87)77-46-42-59(90-79-32-16-12-28-71(79)72-29-13-17-33-80(72)90)52-83(77)92(85)57-40-44-69-65-24-6-4-20-61(65)63-22-8-10-26-67(63)75(69)50-57/h4-53H,1-3H3. The van der Waals surface area contributed by atoms with Gasteiger partial charge in [-0.25, -0.2) is 0 Å². The van der Waals surface area contributed by atoms with Crippen molar-refractivity contribution in [2.24, 2.45) is 0 Å². The van der Waals surface area contributed by atoms with Gasteiger partial charge in [-0.05, 0) is 188 Å². The minimum atomic E-state index is -0.167. The first kappa shape index (κ1) is 52.2.